The first-order valence-corrected chi connectivity index (χ1v) is 9.01. The van der Waals surface area contributed by atoms with Crippen LogP contribution in [0.2, 0.25) is 0 Å². The van der Waals surface area contributed by atoms with E-state index in [1.807, 2.05) is 36.7 Å². The molecule has 3 rings (SSSR count). The van der Waals surface area contributed by atoms with Gasteiger partial charge >= 0.3 is 0 Å². The summed E-state index contributed by atoms with van der Waals surface area (Å²) < 4.78 is 8.44. The molecule has 0 saturated carbocycles. The molecule has 1 heterocycles. The van der Waals surface area contributed by atoms with Crippen LogP contribution in [0.15, 0.2) is 47.0 Å². The van der Waals surface area contributed by atoms with Gasteiger partial charge in [0.15, 0.2) is 4.80 Å². The number of benzene rings is 1. The number of Topliss-reactive ketones (excluding diaryl/α,β-unsaturated/α-hetero) is 1. The Morgan fingerprint density at radius 3 is 2.84 bits per heavy atom. The molecule has 0 bridgehead atoms. The zero-order valence-corrected chi connectivity index (χ0v) is 15.3. The number of amides is 1. The van der Waals surface area contributed by atoms with E-state index in [9.17, 15) is 9.59 Å². The summed E-state index contributed by atoms with van der Waals surface area (Å²) in [6.45, 7) is 4.12. The summed E-state index contributed by atoms with van der Waals surface area (Å²) in [5.41, 5.74) is 1.54. The van der Waals surface area contributed by atoms with Crippen molar-refractivity contribution in [2.45, 2.75) is 20.3 Å². The van der Waals surface area contributed by atoms with Gasteiger partial charge in [-0.2, -0.15) is 4.99 Å². The number of ketones is 1. The maximum Gasteiger partial charge on any atom is 0.279 e. The van der Waals surface area contributed by atoms with Crippen molar-refractivity contribution in [1.82, 2.24) is 4.57 Å². The first-order valence-electron chi connectivity index (χ1n) is 8.20. The molecule has 0 aliphatic heterocycles. The number of thiazole rings is 1. The van der Waals surface area contributed by atoms with Gasteiger partial charge in [0.2, 0.25) is 0 Å². The summed E-state index contributed by atoms with van der Waals surface area (Å²) in [5.74, 6) is 0.499. The summed E-state index contributed by atoms with van der Waals surface area (Å²) in [6, 6.07) is 5.85. The Balaban J connectivity index is 1.91. The summed E-state index contributed by atoms with van der Waals surface area (Å²) in [4.78, 5) is 28.7. The number of hydrogen-bond acceptors (Lipinski definition) is 4. The molecule has 0 spiro atoms. The molecule has 1 amide bonds. The van der Waals surface area contributed by atoms with E-state index in [0.29, 0.717) is 23.4 Å². The second kappa shape index (κ2) is 7.19. The highest BCUT2D eigenvalue weighted by molar-refractivity contribution is 7.16. The zero-order valence-electron chi connectivity index (χ0n) is 14.5. The Hall–Kier alpha value is -2.47. The highest BCUT2D eigenvalue weighted by Gasteiger charge is 2.16. The largest absolute Gasteiger partial charge is 0.494 e. The van der Waals surface area contributed by atoms with E-state index in [1.54, 1.807) is 25.2 Å². The van der Waals surface area contributed by atoms with Gasteiger partial charge in [-0.3, -0.25) is 9.59 Å². The smallest absolute Gasteiger partial charge is 0.279 e. The van der Waals surface area contributed by atoms with Gasteiger partial charge in [-0.25, -0.2) is 0 Å². The van der Waals surface area contributed by atoms with E-state index < -0.39 is 0 Å². The number of ether oxygens (including phenoxy) is 1. The molecular formula is C19H20N2O3S. The fraction of sp³-hybridized carbons (Fsp3) is 0.316. The van der Waals surface area contributed by atoms with Crippen molar-refractivity contribution in [2.75, 3.05) is 6.61 Å². The molecule has 1 aromatic carbocycles. The maximum absolute atomic E-state index is 12.4. The number of aryl methyl sites for hydroxylation is 1. The molecular weight excluding hydrogens is 336 g/mol. The van der Waals surface area contributed by atoms with Crippen LogP contribution in [0.5, 0.6) is 5.75 Å². The molecule has 1 unspecified atom stereocenters. The van der Waals surface area contributed by atoms with E-state index in [2.05, 4.69) is 4.99 Å². The molecule has 1 aliphatic rings. The Labute approximate surface area is 150 Å². The minimum Gasteiger partial charge on any atom is -0.494 e. The van der Waals surface area contributed by atoms with E-state index in [4.69, 9.17) is 4.74 Å². The SMILES string of the molecule is CCOc1ccc2c(c1)sc(=NC(=O)C1=CCC(C(C)=O)C=C1)n2C. The second-order valence-corrected chi connectivity index (χ2v) is 6.90. The molecule has 2 aromatic rings. The lowest BCUT2D eigenvalue weighted by atomic mass is 9.93. The van der Waals surface area contributed by atoms with Crippen molar-refractivity contribution in [2.24, 2.45) is 18.0 Å². The lowest BCUT2D eigenvalue weighted by molar-refractivity contribution is -0.119. The number of carbonyl (C=O) groups is 2. The zero-order chi connectivity index (χ0) is 18.0. The topological polar surface area (TPSA) is 60.7 Å². The van der Waals surface area contributed by atoms with Gasteiger partial charge in [0, 0.05) is 18.5 Å². The van der Waals surface area contributed by atoms with Gasteiger partial charge < -0.3 is 9.30 Å². The minimum absolute atomic E-state index is 0.108. The van der Waals surface area contributed by atoms with Gasteiger partial charge in [-0.05, 0) is 38.5 Å². The first-order chi connectivity index (χ1) is 12.0. The predicted octanol–water partition coefficient (Wildman–Crippen LogP) is 3.16. The van der Waals surface area contributed by atoms with Crippen molar-refractivity contribution < 1.29 is 14.3 Å². The summed E-state index contributed by atoms with van der Waals surface area (Å²) in [7, 11) is 1.89. The fourth-order valence-electron chi connectivity index (χ4n) is 2.71. The van der Waals surface area contributed by atoms with E-state index in [-0.39, 0.29) is 17.6 Å². The number of carbonyl (C=O) groups excluding carboxylic acids is 2. The number of aromatic nitrogens is 1. The average Bonchev–Trinajstić information content (AvgIpc) is 2.90. The third-order valence-corrected chi connectivity index (χ3v) is 5.25. The summed E-state index contributed by atoms with van der Waals surface area (Å²) >= 11 is 1.45. The quantitative estimate of drug-likeness (QED) is 0.845. The van der Waals surface area contributed by atoms with E-state index in [0.717, 1.165) is 16.0 Å². The van der Waals surface area contributed by atoms with Crippen LogP contribution < -0.4 is 9.54 Å². The Morgan fingerprint density at radius 2 is 2.20 bits per heavy atom. The van der Waals surface area contributed by atoms with Crippen LogP contribution >= 0.6 is 11.3 Å². The molecule has 1 aliphatic carbocycles. The lowest BCUT2D eigenvalue weighted by Gasteiger charge is -2.11. The van der Waals surface area contributed by atoms with Crippen LogP contribution in [0.4, 0.5) is 0 Å². The van der Waals surface area contributed by atoms with Crippen molar-refractivity contribution in [3.8, 4) is 5.75 Å². The van der Waals surface area contributed by atoms with Crippen LogP contribution in [0, 0.1) is 5.92 Å². The molecule has 0 saturated heterocycles. The van der Waals surface area contributed by atoms with Crippen LogP contribution in [-0.4, -0.2) is 22.9 Å². The van der Waals surface area contributed by atoms with E-state index >= 15 is 0 Å². The van der Waals surface area contributed by atoms with E-state index in [1.165, 1.54) is 11.3 Å². The number of allylic oxidation sites excluding steroid dienone is 2. The van der Waals surface area contributed by atoms with Crippen molar-refractivity contribution in [3.05, 3.63) is 46.8 Å². The molecule has 5 nitrogen and oxygen atoms in total. The van der Waals surface area contributed by atoms with Crippen molar-refractivity contribution in [1.29, 1.82) is 0 Å². The molecule has 0 fully saturated rings. The molecule has 1 atom stereocenters. The number of rotatable bonds is 4. The average molecular weight is 356 g/mol. The van der Waals surface area contributed by atoms with Crippen LogP contribution in [-0.2, 0) is 16.6 Å². The predicted molar refractivity (Wildman–Crippen MR) is 98.5 cm³/mol. The minimum atomic E-state index is -0.287. The van der Waals surface area contributed by atoms with Crippen LogP contribution in [0.25, 0.3) is 10.2 Å². The van der Waals surface area contributed by atoms with Gasteiger partial charge in [0.05, 0.1) is 16.8 Å². The fourth-order valence-corrected chi connectivity index (χ4v) is 3.75. The van der Waals surface area contributed by atoms with Crippen molar-refractivity contribution >= 4 is 33.2 Å². The molecule has 25 heavy (non-hydrogen) atoms. The summed E-state index contributed by atoms with van der Waals surface area (Å²) in [5, 5.41) is 0. The Kier molecular flexibility index (Phi) is 4.99. The van der Waals surface area contributed by atoms with Crippen molar-refractivity contribution in [3.63, 3.8) is 0 Å². The Bertz CT molecular complexity index is 963. The monoisotopic (exact) mass is 356 g/mol. The number of fused-ring (bicyclic) bond motifs is 1. The maximum atomic E-state index is 12.4. The second-order valence-electron chi connectivity index (χ2n) is 5.89. The highest BCUT2D eigenvalue weighted by Crippen LogP contribution is 2.23. The molecule has 1 aromatic heterocycles. The molecule has 0 N–H and O–H groups in total. The Morgan fingerprint density at radius 1 is 1.40 bits per heavy atom. The van der Waals surface area contributed by atoms with Crippen LogP contribution in [0.3, 0.4) is 0 Å². The standard InChI is InChI=1S/C19H20N2O3S/c1-4-24-15-9-10-16-17(11-15)25-19(21(16)3)20-18(23)14-7-5-13(6-8-14)12(2)22/h5,7-11,13H,4,6H2,1-3H3. The number of hydrogen-bond donors (Lipinski definition) is 0. The third kappa shape index (κ3) is 3.64. The normalized spacial score (nSPS) is 17.6. The van der Waals surface area contributed by atoms with Gasteiger partial charge in [-0.1, -0.05) is 29.6 Å². The molecule has 0 radical (unpaired) electrons. The summed E-state index contributed by atoms with van der Waals surface area (Å²) in [6.07, 6.45) is 5.82. The van der Waals surface area contributed by atoms with Crippen LogP contribution in [0.1, 0.15) is 20.3 Å². The molecule has 130 valence electrons. The van der Waals surface area contributed by atoms with Gasteiger partial charge in [0.25, 0.3) is 5.91 Å². The third-order valence-electron chi connectivity index (χ3n) is 4.16. The first kappa shape index (κ1) is 17.4. The van der Waals surface area contributed by atoms with Gasteiger partial charge in [0.1, 0.15) is 11.5 Å². The lowest BCUT2D eigenvalue weighted by Crippen LogP contribution is -2.15. The highest BCUT2D eigenvalue weighted by atomic mass is 32.1. The molecule has 6 heteroatoms. The van der Waals surface area contributed by atoms with Gasteiger partial charge in [-0.15, -0.1) is 0 Å². The number of nitrogens with zero attached hydrogens (tertiary/aromatic N) is 2.